The second kappa shape index (κ2) is 14.2. The fourth-order valence-electron chi connectivity index (χ4n) is 2.85. The summed E-state index contributed by atoms with van der Waals surface area (Å²) in [6, 6.07) is 6.85. The van der Waals surface area contributed by atoms with Crippen LogP contribution in [0.5, 0.6) is 0 Å². The fraction of sp³-hybridized carbons (Fsp3) is 0.524. The number of aliphatic hydroxyl groups excluding tert-OH is 9. The number of aldehydes is 1. The molecule has 13 nitrogen and oxygen atoms in total. The van der Waals surface area contributed by atoms with Crippen LogP contribution in [0.4, 0.5) is 0 Å². The molecule has 0 aliphatic carbocycles. The summed E-state index contributed by atoms with van der Waals surface area (Å²) in [5.74, 6) is -1.01. The van der Waals surface area contributed by atoms with Gasteiger partial charge in [0.15, 0.2) is 6.29 Å². The maximum absolute atomic E-state index is 12.5. The summed E-state index contributed by atoms with van der Waals surface area (Å²) in [5.41, 5.74) is -2.14. The molecule has 0 spiro atoms. The summed E-state index contributed by atoms with van der Waals surface area (Å²) < 4.78 is 0.658. The minimum atomic E-state index is -2.63. The molecule has 0 radical (unpaired) electrons. The zero-order chi connectivity index (χ0) is 27.8. The van der Waals surface area contributed by atoms with Crippen molar-refractivity contribution in [2.24, 2.45) is 0 Å². The van der Waals surface area contributed by atoms with E-state index in [1.165, 1.54) is 6.92 Å². The Labute approximate surface area is 214 Å². The summed E-state index contributed by atoms with van der Waals surface area (Å²) in [6.07, 6.45) is -12.7. The Morgan fingerprint density at radius 3 is 2.00 bits per heavy atom. The summed E-state index contributed by atoms with van der Waals surface area (Å²) in [5, 5.41) is 93.1. The number of thiazole rings is 1. The molecule has 2 rings (SSSR count). The molecular formula is C21H29NO12S2. The molecule has 0 bridgehead atoms. The normalized spacial score (nSPS) is 19.0. The second-order valence-electron chi connectivity index (χ2n) is 7.68. The predicted octanol–water partition coefficient (Wildman–Crippen LogP) is -3.86. The third-order valence-corrected chi connectivity index (χ3v) is 6.39. The maximum Gasteiger partial charge on any atom is 0.210 e. The van der Waals surface area contributed by atoms with Crippen LogP contribution < -0.4 is 0 Å². The number of rotatable bonds is 12. The van der Waals surface area contributed by atoms with E-state index in [4.69, 9.17) is 42.9 Å². The van der Waals surface area contributed by atoms with Gasteiger partial charge in [0.2, 0.25) is 11.4 Å². The van der Waals surface area contributed by atoms with Crippen LogP contribution in [0.1, 0.15) is 11.9 Å². The number of fused-ring (bicyclic) bond motifs is 1. The number of thiocarbonyl (C=S) groups is 1. The van der Waals surface area contributed by atoms with E-state index in [0.717, 1.165) is 11.3 Å². The monoisotopic (exact) mass is 551 g/mol. The van der Waals surface area contributed by atoms with Crippen LogP contribution in [0.3, 0.4) is 0 Å². The summed E-state index contributed by atoms with van der Waals surface area (Å²) >= 11 is 5.77. The first-order valence-corrected chi connectivity index (χ1v) is 11.6. The molecule has 8 unspecified atom stereocenters. The Morgan fingerprint density at radius 1 is 1.00 bits per heavy atom. The van der Waals surface area contributed by atoms with Crippen LogP contribution in [-0.4, -0.2) is 129 Å². The van der Waals surface area contributed by atoms with Crippen molar-refractivity contribution in [2.75, 3.05) is 13.2 Å². The Kier molecular flexibility index (Phi) is 12.7. The lowest BCUT2D eigenvalue weighted by atomic mass is 9.85. The van der Waals surface area contributed by atoms with E-state index in [2.05, 4.69) is 4.98 Å². The number of benzene rings is 1. The highest BCUT2D eigenvalue weighted by molar-refractivity contribution is 7.82. The van der Waals surface area contributed by atoms with Crippen LogP contribution in [0.2, 0.25) is 0 Å². The first kappa shape index (κ1) is 32.2. The molecule has 15 heteroatoms. The maximum atomic E-state index is 12.5. The van der Waals surface area contributed by atoms with Gasteiger partial charge in [-0.1, -0.05) is 24.4 Å². The highest BCUT2D eigenvalue weighted by Crippen LogP contribution is 2.35. The largest absolute Gasteiger partial charge is 0.394 e. The van der Waals surface area contributed by atoms with E-state index in [9.17, 15) is 30.0 Å². The molecule has 2 aromatic rings. The van der Waals surface area contributed by atoms with Crippen LogP contribution in [-0.2, 0) is 15.2 Å². The molecule has 8 atom stereocenters. The molecule has 202 valence electrons. The van der Waals surface area contributed by atoms with Gasteiger partial charge in [0.05, 0.1) is 28.3 Å². The lowest BCUT2D eigenvalue weighted by Crippen LogP contribution is -2.57. The van der Waals surface area contributed by atoms with Gasteiger partial charge in [-0.15, -0.1) is 11.3 Å². The molecular weight excluding hydrogens is 522 g/mol. The van der Waals surface area contributed by atoms with Gasteiger partial charge >= 0.3 is 0 Å². The number of para-hydroxylation sites is 1. The van der Waals surface area contributed by atoms with Crippen LogP contribution >= 0.6 is 23.6 Å². The molecule has 0 saturated heterocycles. The lowest BCUT2D eigenvalue weighted by Gasteiger charge is -2.33. The molecule has 0 fully saturated rings. The molecule has 10 N–H and O–H groups in total. The quantitative estimate of drug-likeness (QED) is 0.0896. The number of carbonyl (C=O) groups excluding carboxylic acids is 2. The van der Waals surface area contributed by atoms with Gasteiger partial charge in [0.25, 0.3) is 0 Å². The molecule has 0 saturated carbocycles. The number of ketones is 1. The average Bonchev–Trinajstić information content (AvgIpc) is 3.34. The Balaban J connectivity index is 0.000000457. The minimum absolute atomic E-state index is 0.0258. The van der Waals surface area contributed by atoms with E-state index in [-0.39, 0.29) is 16.2 Å². The van der Waals surface area contributed by atoms with Gasteiger partial charge < -0.3 is 55.9 Å². The smallest absolute Gasteiger partial charge is 0.210 e. The van der Waals surface area contributed by atoms with Gasteiger partial charge in [-0.25, -0.2) is 4.98 Å². The highest BCUT2D eigenvalue weighted by atomic mass is 32.1. The second-order valence-corrected chi connectivity index (χ2v) is 9.32. The van der Waals surface area contributed by atoms with Gasteiger partial charge in [-0.3, -0.25) is 4.79 Å². The molecule has 0 aliphatic rings. The number of aromatic nitrogens is 1. The predicted molar refractivity (Wildman–Crippen MR) is 129 cm³/mol. The van der Waals surface area contributed by atoms with E-state index >= 15 is 0 Å². The molecule has 1 heterocycles. The molecule has 0 amide bonds. The van der Waals surface area contributed by atoms with Gasteiger partial charge in [-0.2, -0.15) is 0 Å². The van der Waals surface area contributed by atoms with E-state index in [1.54, 1.807) is 24.3 Å². The van der Waals surface area contributed by atoms with Gasteiger partial charge in [0, 0.05) is 0 Å². The van der Waals surface area contributed by atoms with Crippen molar-refractivity contribution in [3.63, 3.8) is 0 Å². The topological polar surface area (TPSA) is 249 Å². The molecule has 36 heavy (non-hydrogen) atoms. The fourth-order valence-corrected chi connectivity index (χ4v) is 4.09. The Bertz CT molecular complexity index is 987. The van der Waals surface area contributed by atoms with E-state index < -0.39 is 67.3 Å². The Hall–Kier alpha value is -1.86. The Morgan fingerprint density at radius 2 is 1.53 bits per heavy atom. The zero-order valence-electron chi connectivity index (χ0n) is 18.9. The third kappa shape index (κ3) is 7.34. The number of carbonyl (C=O) groups is 2. The highest BCUT2D eigenvalue weighted by Gasteiger charge is 2.52. The lowest BCUT2D eigenvalue weighted by molar-refractivity contribution is -0.172. The van der Waals surface area contributed by atoms with Crippen LogP contribution in [0.25, 0.3) is 10.2 Å². The zero-order valence-corrected chi connectivity index (χ0v) is 20.5. The van der Waals surface area contributed by atoms with Crippen molar-refractivity contribution in [3.8, 4) is 0 Å². The van der Waals surface area contributed by atoms with E-state index in [0.29, 0.717) is 10.2 Å². The summed E-state index contributed by atoms with van der Waals surface area (Å²) in [7, 11) is 0. The number of hydrogen-bond donors (Lipinski definition) is 10. The van der Waals surface area contributed by atoms with Crippen molar-refractivity contribution in [3.05, 3.63) is 29.3 Å². The number of Topliss-reactive ketones (excluding diaryl/α,β-unsaturated/α-hetero) is 1. The van der Waals surface area contributed by atoms with Gasteiger partial charge in [0.1, 0.15) is 47.7 Å². The SMILES string of the molecule is CC(=S)C(=O)C(O)(c1nc2ccccc2s1)C(O)C(O)C(O)CO.O=CC(O)C(O)C(O)C(O)CO. The molecule has 1 aromatic heterocycles. The molecule has 1 aromatic carbocycles. The van der Waals surface area contributed by atoms with Crippen molar-refractivity contribution in [2.45, 2.75) is 55.3 Å². The van der Waals surface area contributed by atoms with Crippen molar-refractivity contribution < 1.29 is 60.7 Å². The van der Waals surface area contributed by atoms with Crippen molar-refractivity contribution in [1.82, 2.24) is 4.98 Å². The van der Waals surface area contributed by atoms with Crippen molar-refractivity contribution >= 4 is 50.7 Å². The average molecular weight is 552 g/mol. The third-order valence-electron chi connectivity index (χ3n) is 5.04. The van der Waals surface area contributed by atoms with Crippen LogP contribution in [0.15, 0.2) is 24.3 Å². The van der Waals surface area contributed by atoms with Crippen molar-refractivity contribution in [1.29, 1.82) is 0 Å². The van der Waals surface area contributed by atoms with Gasteiger partial charge in [-0.05, 0) is 19.1 Å². The number of aliphatic hydroxyl groups is 10. The standard InChI is InChI=1S/C15H17NO6S2.C6H12O6/c1-7(23)12(20)15(22,13(21)11(19)9(18)6-17)14-16-8-4-2-3-5-10(8)24-14;7-1-3(9)5(11)6(12)4(10)2-8/h2-5,9,11,13,17-19,21-22H,6H2,1H3;1,3-6,8-12H,2H2. The molecule has 0 aliphatic heterocycles. The first-order chi connectivity index (χ1) is 16.8. The summed E-state index contributed by atoms with van der Waals surface area (Å²) in [4.78, 5) is 26.3. The van der Waals surface area contributed by atoms with E-state index in [1.807, 2.05) is 0 Å². The summed E-state index contributed by atoms with van der Waals surface area (Å²) in [6.45, 7) is -0.347. The van der Waals surface area contributed by atoms with Crippen LogP contribution in [0, 0.1) is 0 Å². The number of nitrogens with zero attached hydrogens (tertiary/aromatic N) is 1. The minimum Gasteiger partial charge on any atom is -0.394 e. The first-order valence-electron chi connectivity index (χ1n) is 10.3. The number of hydrogen-bond acceptors (Lipinski definition) is 15.